The van der Waals surface area contributed by atoms with E-state index in [2.05, 4.69) is 4.74 Å². The number of hydrogen-bond acceptors (Lipinski definition) is 2. The number of hydrogen-bond donors (Lipinski definition) is 1. The number of aliphatic hydroxyl groups excluding tert-OH is 1. The number of ether oxygens (including phenoxy) is 1. The molecule has 0 aromatic rings. The minimum atomic E-state index is -4.53. The Kier molecular flexibility index (Phi) is 3.82. The van der Waals surface area contributed by atoms with Crippen molar-refractivity contribution in [2.24, 2.45) is 0 Å². The van der Waals surface area contributed by atoms with Crippen LogP contribution in [0, 0.1) is 0 Å². The van der Waals surface area contributed by atoms with Gasteiger partial charge in [0.15, 0.2) is 6.10 Å². The Morgan fingerprint density at radius 3 is 2.18 bits per heavy atom. The van der Waals surface area contributed by atoms with Gasteiger partial charge in [0.1, 0.15) is 0 Å². The van der Waals surface area contributed by atoms with Crippen molar-refractivity contribution in [1.29, 1.82) is 0 Å². The molecule has 0 aliphatic rings. The number of alkyl halides is 3. The van der Waals surface area contributed by atoms with Crippen molar-refractivity contribution >= 4 is 0 Å². The van der Waals surface area contributed by atoms with Gasteiger partial charge in [-0.15, -0.1) is 0 Å². The van der Waals surface area contributed by atoms with Crippen molar-refractivity contribution in [3.63, 3.8) is 0 Å². The Morgan fingerprint density at radius 1 is 1.45 bits per heavy atom. The molecule has 1 N–H and O–H groups in total. The van der Waals surface area contributed by atoms with Gasteiger partial charge in [-0.1, -0.05) is 0 Å². The molecular formula is C6H11F3O2. The first-order chi connectivity index (χ1) is 4.88. The standard InChI is InChI=1S/C6H11F3O2/c1-4(11-2)3-5(10)6(7,8)9/h4-5,10H,3H2,1-2H3. The number of aliphatic hydroxyl groups is 1. The fourth-order valence-electron chi connectivity index (χ4n) is 0.544. The molecule has 11 heavy (non-hydrogen) atoms. The van der Waals surface area contributed by atoms with Gasteiger partial charge in [-0.2, -0.15) is 13.2 Å². The molecule has 0 bridgehead atoms. The first-order valence-electron chi connectivity index (χ1n) is 3.15. The highest BCUT2D eigenvalue weighted by Gasteiger charge is 2.38. The lowest BCUT2D eigenvalue weighted by molar-refractivity contribution is -0.211. The lowest BCUT2D eigenvalue weighted by atomic mass is 10.2. The molecule has 0 spiro atoms. The molecule has 0 aliphatic heterocycles. The summed E-state index contributed by atoms with van der Waals surface area (Å²) in [5.41, 5.74) is 0. The average Bonchev–Trinajstić information content (AvgIpc) is 1.85. The summed E-state index contributed by atoms with van der Waals surface area (Å²) in [5, 5.41) is 8.48. The highest BCUT2D eigenvalue weighted by Crippen LogP contribution is 2.23. The van der Waals surface area contributed by atoms with Crippen LogP contribution < -0.4 is 0 Å². The van der Waals surface area contributed by atoms with Crippen LogP contribution >= 0.6 is 0 Å². The lowest BCUT2D eigenvalue weighted by Gasteiger charge is -2.17. The first kappa shape index (κ1) is 10.7. The third kappa shape index (κ3) is 4.21. The maximum Gasteiger partial charge on any atom is 0.414 e. The molecule has 0 fully saturated rings. The summed E-state index contributed by atoms with van der Waals surface area (Å²) in [6.07, 6.45) is -7.81. The number of halogens is 3. The normalized spacial score (nSPS) is 18.0. The van der Waals surface area contributed by atoms with Gasteiger partial charge in [-0.3, -0.25) is 0 Å². The largest absolute Gasteiger partial charge is 0.414 e. The molecule has 0 heterocycles. The minimum Gasteiger partial charge on any atom is -0.384 e. The zero-order valence-electron chi connectivity index (χ0n) is 6.35. The van der Waals surface area contributed by atoms with E-state index in [-0.39, 0.29) is 0 Å². The molecule has 0 aromatic heterocycles. The second kappa shape index (κ2) is 3.92. The van der Waals surface area contributed by atoms with Crippen LogP contribution in [0.15, 0.2) is 0 Å². The summed E-state index contributed by atoms with van der Waals surface area (Å²) in [6.45, 7) is 1.47. The Labute approximate surface area is 63.0 Å². The van der Waals surface area contributed by atoms with Crippen molar-refractivity contribution in [3.8, 4) is 0 Å². The number of rotatable bonds is 3. The highest BCUT2D eigenvalue weighted by atomic mass is 19.4. The Morgan fingerprint density at radius 2 is 1.91 bits per heavy atom. The quantitative estimate of drug-likeness (QED) is 0.696. The van der Waals surface area contributed by atoms with Crippen molar-refractivity contribution in [2.75, 3.05) is 7.11 Å². The zero-order chi connectivity index (χ0) is 9.07. The summed E-state index contributed by atoms with van der Waals surface area (Å²) in [7, 11) is 1.30. The van der Waals surface area contributed by atoms with E-state index in [1.165, 1.54) is 14.0 Å². The molecule has 0 amide bonds. The third-order valence-electron chi connectivity index (χ3n) is 1.34. The van der Waals surface area contributed by atoms with Crippen LogP contribution in [0.4, 0.5) is 13.2 Å². The third-order valence-corrected chi connectivity index (χ3v) is 1.34. The van der Waals surface area contributed by atoms with Gasteiger partial charge in [0, 0.05) is 13.5 Å². The van der Waals surface area contributed by atoms with Gasteiger partial charge in [0.25, 0.3) is 0 Å². The Bertz CT molecular complexity index is 113. The van der Waals surface area contributed by atoms with Crippen LogP contribution in [-0.4, -0.2) is 30.6 Å². The monoisotopic (exact) mass is 172 g/mol. The highest BCUT2D eigenvalue weighted by molar-refractivity contribution is 4.68. The molecule has 0 aromatic carbocycles. The molecule has 2 nitrogen and oxygen atoms in total. The van der Waals surface area contributed by atoms with Gasteiger partial charge in [-0.05, 0) is 6.92 Å². The second-order valence-electron chi connectivity index (χ2n) is 2.34. The fourth-order valence-corrected chi connectivity index (χ4v) is 0.544. The maximum atomic E-state index is 11.6. The predicted molar refractivity (Wildman–Crippen MR) is 33.1 cm³/mol. The van der Waals surface area contributed by atoms with Crippen molar-refractivity contribution < 1.29 is 23.0 Å². The van der Waals surface area contributed by atoms with Crippen LogP contribution in [0.1, 0.15) is 13.3 Å². The first-order valence-corrected chi connectivity index (χ1v) is 3.15. The van der Waals surface area contributed by atoms with Crippen LogP contribution in [0.2, 0.25) is 0 Å². The molecule has 0 saturated heterocycles. The van der Waals surface area contributed by atoms with Gasteiger partial charge in [0.05, 0.1) is 6.10 Å². The van der Waals surface area contributed by atoms with E-state index in [0.29, 0.717) is 0 Å². The van der Waals surface area contributed by atoms with E-state index in [1.807, 2.05) is 0 Å². The van der Waals surface area contributed by atoms with Gasteiger partial charge in [-0.25, -0.2) is 0 Å². The van der Waals surface area contributed by atoms with E-state index in [9.17, 15) is 13.2 Å². The molecular weight excluding hydrogens is 161 g/mol. The topological polar surface area (TPSA) is 29.5 Å². The van der Waals surface area contributed by atoms with E-state index in [4.69, 9.17) is 5.11 Å². The Balaban J connectivity index is 3.77. The fraction of sp³-hybridized carbons (Fsp3) is 1.00. The van der Waals surface area contributed by atoms with Gasteiger partial charge in [0.2, 0.25) is 0 Å². The summed E-state index contributed by atoms with van der Waals surface area (Å²) >= 11 is 0. The summed E-state index contributed by atoms with van der Waals surface area (Å²) in [4.78, 5) is 0. The number of methoxy groups -OCH3 is 1. The summed E-state index contributed by atoms with van der Waals surface area (Å²) < 4.78 is 39.5. The zero-order valence-corrected chi connectivity index (χ0v) is 6.35. The van der Waals surface area contributed by atoms with Crippen LogP contribution in [0.25, 0.3) is 0 Å². The van der Waals surface area contributed by atoms with Gasteiger partial charge < -0.3 is 9.84 Å². The van der Waals surface area contributed by atoms with Crippen molar-refractivity contribution in [1.82, 2.24) is 0 Å². The van der Waals surface area contributed by atoms with Crippen molar-refractivity contribution in [3.05, 3.63) is 0 Å². The smallest absolute Gasteiger partial charge is 0.384 e. The molecule has 0 aliphatic carbocycles. The van der Waals surface area contributed by atoms with E-state index >= 15 is 0 Å². The van der Waals surface area contributed by atoms with E-state index in [1.54, 1.807) is 0 Å². The van der Waals surface area contributed by atoms with E-state index in [0.717, 1.165) is 0 Å². The molecule has 5 heteroatoms. The molecule has 68 valence electrons. The van der Waals surface area contributed by atoms with Crippen molar-refractivity contribution in [2.45, 2.75) is 31.7 Å². The molecule has 2 atom stereocenters. The van der Waals surface area contributed by atoms with Crippen LogP contribution in [-0.2, 0) is 4.74 Å². The lowest BCUT2D eigenvalue weighted by Crippen LogP contribution is -2.31. The maximum absolute atomic E-state index is 11.6. The predicted octanol–water partition coefficient (Wildman–Crippen LogP) is 1.33. The molecule has 0 saturated carbocycles. The minimum absolute atomic E-state index is 0.417. The van der Waals surface area contributed by atoms with Crippen LogP contribution in [0.3, 0.4) is 0 Å². The summed E-state index contributed by atoms with van der Waals surface area (Å²) in [5.74, 6) is 0. The second-order valence-corrected chi connectivity index (χ2v) is 2.34. The molecule has 0 radical (unpaired) electrons. The Hall–Kier alpha value is -0.290. The molecule has 0 rings (SSSR count). The summed E-state index contributed by atoms with van der Waals surface area (Å²) in [6, 6.07) is 0. The van der Waals surface area contributed by atoms with Gasteiger partial charge >= 0.3 is 6.18 Å². The average molecular weight is 172 g/mol. The van der Waals surface area contributed by atoms with E-state index < -0.39 is 24.8 Å². The SMILES string of the molecule is COC(C)CC(O)C(F)(F)F. The van der Waals surface area contributed by atoms with Crippen LogP contribution in [0.5, 0.6) is 0 Å². The molecule has 2 unspecified atom stereocenters.